The number of aryl methyl sites for hydroxylation is 1. The molecule has 6 nitrogen and oxygen atoms in total. The molecule has 0 saturated heterocycles. The van der Waals surface area contributed by atoms with Crippen molar-refractivity contribution in [1.82, 2.24) is 19.5 Å². The molecule has 21 heavy (non-hydrogen) atoms. The Kier molecular flexibility index (Phi) is 4.97. The van der Waals surface area contributed by atoms with E-state index in [2.05, 4.69) is 15.2 Å². The number of H-pyrrole nitrogens is 1. The Morgan fingerprint density at radius 1 is 1.33 bits per heavy atom. The summed E-state index contributed by atoms with van der Waals surface area (Å²) in [5.41, 5.74) is 2.06. The van der Waals surface area contributed by atoms with Gasteiger partial charge in [-0.2, -0.15) is 9.40 Å². The van der Waals surface area contributed by atoms with Crippen molar-refractivity contribution in [1.29, 1.82) is 0 Å². The monoisotopic (exact) mass is 328 g/mol. The summed E-state index contributed by atoms with van der Waals surface area (Å²) in [5.74, 6) is 0.101. The first-order valence-corrected chi connectivity index (χ1v) is 8.47. The van der Waals surface area contributed by atoms with E-state index in [1.165, 1.54) is 4.31 Å². The van der Waals surface area contributed by atoms with Crippen LogP contribution in [0.3, 0.4) is 0 Å². The van der Waals surface area contributed by atoms with Crippen molar-refractivity contribution in [2.45, 2.75) is 31.3 Å². The van der Waals surface area contributed by atoms with E-state index in [1.54, 1.807) is 38.4 Å². The molecule has 0 fully saturated rings. The Labute approximate surface area is 129 Å². The fourth-order valence-corrected chi connectivity index (χ4v) is 3.99. The molecule has 0 saturated carbocycles. The second kappa shape index (κ2) is 6.55. The molecular weight excluding hydrogens is 312 g/mol. The average molecular weight is 329 g/mol. The molecule has 0 amide bonds. The predicted molar refractivity (Wildman–Crippen MR) is 80.4 cm³/mol. The van der Waals surface area contributed by atoms with Crippen LogP contribution in [0.5, 0.6) is 0 Å². The summed E-state index contributed by atoms with van der Waals surface area (Å²) in [6, 6.07) is 3.58. The number of aromatic amines is 1. The SMILES string of the molecule is CCN(Cc1ccncc1)S(=O)(=O)c1n[nH]c(C)c1CCl. The second-order valence-electron chi connectivity index (χ2n) is 4.55. The normalized spacial score (nSPS) is 12.0. The third-order valence-corrected chi connectivity index (χ3v) is 5.38. The number of rotatable bonds is 6. The second-order valence-corrected chi connectivity index (χ2v) is 6.67. The van der Waals surface area contributed by atoms with Crippen molar-refractivity contribution in [3.05, 3.63) is 41.3 Å². The Morgan fingerprint density at radius 2 is 2.00 bits per heavy atom. The maximum atomic E-state index is 12.7. The first kappa shape index (κ1) is 15.9. The minimum atomic E-state index is -3.69. The predicted octanol–water partition coefficient (Wildman–Crippen LogP) is 2.06. The maximum Gasteiger partial charge on any atom is 0.263 e. The van der Waals surface area contributed by atoms with Crippen LogP contribution in [0.1, 0.15) is 23.7 Å². The number of aromatic nitrogens is 3. The zero-order valence-corrected chi connectivity index (χ0v) is 13.4. The first-order valence-electron chi connectivity index (χ1n) is 6.49. The average Bonchev–Trinajstić information content (AvgIpc) is 2.87. The molecule has 0 aromatic carbocycles. The van der Waals surface area contributed by atoms with Crippen LogP contribution in [0.25, 0.3) is 0 Å². The number of hydrogen-bond donors (Lipinski definition) is 1. The molecule has 2 aromatic rings. The van der Waals surface area contributed by atoms with Crippen LogP contribution in [0.2, 0.25) is 0 Å². The highest BCUT2D eigenvalue weighted by Crippen LogP contribution is 2.23. The number of halogens is 1. The van der Waals surface area contributed by atoms with E-state index < -0.39 is 10.0 Å². The Morgan fingerprint density at radius 3 is 2.57 bits per heavy atom. The van der Waals surface area contributed by atoms with Crippen LogP contribution in [0.4, 0.5) is 0 Å². The van der Waals surface area contributed by atoms with E-state index in [1.807, 2.05) is 0 Å². The highest BCUT2D eigenvalue weighted by molar-refractivity contribution is 7.89. The molecule has 2 heterocycles. The van der Waals surface area contributed by atoms with Gasteiger partial charge in [-0.1, -0.05) is 6.92 Å². The summed E-state index contributed by atoms with van der Waals surface area (Å²) in [4.78, 5) is 3.93. The van der Waals surface area contributed by atoms with Gasteiger partial charge in [0, 0.05) is 36.7 Å². The molecule has 0 unspecified atom stereocenters. The van der Waals surface area contributed by atoms with Crippen LogP contribution in [0, 0.1) is 6.92 Å². The van der Waals surface area contributed by atoms with Crippen molar-refractivity contribution < 1.29 is 8.42 Å². The summed E-state index contributed by atoms with van der Waals surface area (Å²) < 4.78 is 26.8. The van der Waals surface area contributed by atoms with Gasteiger partial charge in [0.1, 0.15) is 0 Å². The van der Waals surface area contributed by atoms with Crippen molar-refractivity contribution >= 4 is 21.6 Å². The van der Waals surface area contributed by atoms with Gasteiger partial charge in [0.15, 0.2) is 5.03 Å². The minimum Gasteiger partial charge on any atom is -0.281 e. The standard InChI is InChI=1S/C13H17ClN4O2S/c1-3-18(9-11-4-6-15-7-5-11)21(19,20)13-12(8-14)10(2)16-17-13/h4-7H,3,8-9H2,1-2H3,(H,16,17). The molecule has 0 aliphatic rings. The Hall–Kier alpha value is -1.44. The number of alkyl halides is 1. The molecule has 2 rings (SSSR count). The van der Waals surface area contributed by atoms with Crippen molar-refractivity contribution in [2.24, 2.45) is 0 Å². The van der Waals surface area contributed by atoms with Crippen molar-refractivity contribution in [3.63, 3.8) is 0 Å². The highest BCUT2D eigenvalue weighted by atomic mass is 35.5. The summed E-state index contributed by atoms with van der Waals surface area (Å²) in [6.45, 7) is 4.16. The fraction of sp³-hybridized carbons (Fsp3) is 0.385. The smallest absolute Gasteiger partial charge is 0.263 e. The van der Waals surface area contributed by atoms with Gasteiger partial charge in [-0.3, -0.25) is 10.1 Å². The van der Waals surface area contributed by atoms with Gasteiger partial charge >= 0.3 is 0 Å². The van der Waals surface area contributed by atoms with Crippen LogP contribution in [-0.2, 0) is 22.4 Å². The summed E-state index contributed by atoms with van der Waals surface area (Å²) in [5, 5.41) is 6.61. The van der Waals surface area contributed by atoms with E-state index in [0.717, 1.165) is 5.56 Å². The summed E-state index contributed by atoms with van der Waals surface area (Å²) >= 11 is 5.84. The van der Waals surface area contributed by atoms with Crippen LogP contribution < -0.4 is 0 Å². The highest BCUT2D eigenvalue weighted by Gasteiger charge is 2.29. The Balaban J connectivity index is 2.36. The lowest BCUT2D eigenvalue weighted by molar-refractivity contribution is 0.420. The molecule has 0 bridgehead atoms. The van der Waals surface area contributed by atoms with Gasteiger partial charge in [-0.05, 0) is 24.6 Å². The first-order chi connectivity index (χ1) is 10.0. The third-order valence-electron chi connectivity index (χ3n) is 3.21. The molecule has 1 N–H and O–H groups in total. The fourth-order valence-electron chi connectivity index (χ4n) is 1.98. The maximum absolute atomic E-state index is 12.7. The van der Waals surface area contributed by atoms with Gasteiger partial charge in [0.05, 0.1) is 5.88 Å². The lowest BCUT2D eigenvalue weighted by atomic mass is 10.3. The minimum absolute atomic E-state index is 0.00547. The largest absolute Gasteiger partial charge is 0.281 e. The number of nitrogens with zero attached hydrogens (tertiary/aromatic N) is 3. The van der Waals surface area contributed by atoms with Gasteiger partial charge in [-0.15, -0.1) is 11.6 Å². The number of pyridine rings is 1. The molecule has 0 aliphatic carbocycles. The zero-order valence-electron chi connectivity index (χ0n) is 11.9. The van der Waals surface area contributed by atoms with E-state index in [4.69, 9.17) is 11.6 Å². The molecule has 8 heteroatoms. The van der Waals surface area contributed by atoms with Crippen LogP contribution in [0.15, 0.2) is 29.6 Å². The summed E-state index contributed by atoms with van der Waals surface area (Å²) in [7, 11) is -3.69. The molecule has 0 radical (unpaired) electrons. The Bertz CT molecular complexity index is 700. The van der Waals surface area contributed by atoms with E-state index in [-0.39, 0.29) is 17.5 Å². The molecule has 0 atom stereocenters. The van der Waals surface area contributed by atoms with Gasteiger partial charge < -0.3 is 0 Å². The van der Waals surface area contributed by atoms with Crippen molar-refractivity contribution in [2.75, 3.05) is 6.54 Å². The number of nitrogens with one attached hydrogen (secondary N) is 1. The third kappa shape index (κ3) is 3.25. The lowest BCUT2D eigenvalue weighted by Crippen LogP contribution is -2.31. The molecule has 114 valence electrons. The quantitative estimate of drug-likeness (QED) is 0.823. The lowest BCUT2D eigenvalue weighted by Gasteiger charge is -2.19. The number of hydrogen-bond acceptors (Lipinski definition) is 4. The zero-order chi connectivity index (χ0) is 15.5. The van der Waals surface area contributed by atoms with Gasteiger partial charge in [0.2, 0.25) is 0 Å². The topological polar surface area (TPSA) is 79.0 Å². The summed E-state index contributed by atoms with van der Waals surface area (Å²) in [6.07, 6.45) is 3.28. The van der Waals surface area contributed by atoms with E-state index in [9.17, 15) is 8.42 Å². The van der Waals surface area contributed by atoms with Gasteiger partial charge in [0.25, 0.3) is 10.0 Å². The van der Waals surface area contributed by atoms with Gasteiger partial charge in [-0.25, -0.2) is 8.42 Å². The molecule has 2 aromatic heterocycles. The van der Waals surface area contributed by atoms with E-state index in [0.29, 0.717) is 17.8 Å². The molecular formula is C13H17ClN4O2S. The number of sulfonamides is 1. The van der Waals surface area contributed by atoms with Crippen LogP contribution >= 0.6 is 11.6 Å². The van der Waals surface area contributed by atoms with Crippen LogP contribution in [-0.4, -0.2) is 34.4 Å². The van der Waals surface area contributed by atoms with E-state index >= 15 is 0 Å². The molecule has 0 aliphatic heterocycles. The molecule has 0 spiro atoms. The van der Waals surface area contributed by atoms with Crippen molar-refractivity contribution in [3.8, 4) is 0 Å².